The Bertz CT molecular complexity index is 382. The predicted octanol–water partition coefficient (Wildman–Crippen LogP) is 1.69. The molecule has 2 heterocycles. The second-order valence-corrected chi connectivity index (χ2v) is 6.48. The minimum absolute atomic E-state index is 0.0386. The Morgan fingerprint density at radius 2 is 2.05 bits per heavy atom. The van der Waals surface area contributed by atoms with E-state index in [0.29, 0.717) is 31.0 Å². The van der Waals surface area contributed by atoms with Crippen LogP contribution in [0.2, 0.25) is 0 Å². The maximum absolute atomic E-state index is 12.8. The van der Waals surface area contributed by atoms with Gasteiger partial charge in [-0.3, -0.25) is 9.59 Å². The normalized spacial score (nSPS) is 38.8. The van der Waals surface area contributed by atoms with Crippen molar-refractivity contribution in [3.05, 3.63) is 0 Å². The highest BCUT2D eigenvalue weighted by molar-refractivity contribution is 5.87. The molecule has 1 aliphatic carbocycles. The summed E-state index contributed by atoms with van der Waals surface area (Å²) in [5.74, 6) is 0.926. The summed E-state index contributed by atoms with van der Waals surface area (Å²) < 4.78 is 0. The van der Waals surface area contributed by atoms with Gasteiger partial charge in [-0.1, -0.05) is 12.8 Å². The van der Waals surface area contributed by atoms with Crippen LogP contribution in [-0.4, -0.2) is 35.3 Å². The number of likely N-dealkylation sites (tertiary alicyclic amines) is 1. The molecule has 0 aromatic rings. The van der Waals surface area contributed by atoms with Crippen LogP contribution < -0.4 is 5.32 Å². The van der Waals surface area contributed by atoms with Crippen molar-refractivity contribution in [3.63, 3.8) is 0 Å². The molecule has 0 aromatic heterocycles. The quantitative estimate of drug-likeness (QED) is 0.783. The highest BCUT2D eigenvalue weighted by Gasteiger charge is 2.44. The van der Waals surface area contributed by atoms with E-state index in [1.54, 1.807) is 0 Å². The van der Waals surface area contributed by atoms with Gasteiger partial charge in [0.25, 0.3) is 0 Å². The summed E-state index contributed by atoms with van der Waals surface area (Å²) in [7, 11) is 0. The first kappa shape index (κ1) is 12.9. The van der Waals surface area contributed by atoms with Crippen molar-refractivity contribution in [1.29, 1.82) is 0 Å². The van der Waals surface area contributed by atoms with Crippen molar-refractivity contribution in [3.8, 4) is 0 Å². The van der Waals surface area contributed by atoms with Gasteiger partial charge in [-0.05, 0) is 38.5 Å². The van der Waals surface area contributed by atoms with Crippen LogP contribution in [0.15, 0.2) is 0 Å². The molecular formula is C15H24N2O2. The highest BCUT2D eigenvalue weighted by atomic mass is 16.2. The zero-order valence-electron chi connectivity index (χ0n) is 11.7. The Morgan fingerprint density at radius 3 is 2.84 bits per heavy atom. The molecule has 3 rings (SSSR count). The topological polar surface area (TPSA) is 49.4 Å². The predicted molar refractivity (Wildman–Crippen MR) is 72.4 cm³/mol. The van der Waals surface area contributed by atoms with Crippen LogP contribution in [0.5, 0.6) is 0 Å². The third-order valence-corrected chi connectivity index (χ3v) is 5.20. The minimum Gasteiger partial charge on any atom is -0.356 e. The molecule has 1 N–H and O–H groups in total. The third-order valence-electron chi connectivity index (χ3n) is 5.20. The number of hydrogen-bond acceptors (Lipinski definition) is 2. The molecule has 0 radical (unpaired) electrons. The number of carbonyl (C=O) groups excluding carboxylic acids is 2. The summed E-state index contributed by atoms with van der Waals surface area (Å²) in [6.07, 6.45) is 7.38. The van der Waals surface area contributed by atoms with Crippen molar-refractivity contribution in [2.24, 2.45) is 11.8 Å². The van der Waals surface area contributed by atoms with Crippen molar-refractivity contribution in [2.75, 3.05) is 6.54 Å². The second-order valence-electron chi connectivity index (χ2n) is 6.48. The molecule has 0 spiro atoms. The van der Waals surface area contributed by atoms with Crippen LogP contribution in [0.25, 0.3) is 0 Å². The van der Waals surface area contributed by atoms with E-state index in [1.165, 1.54) is 25.7 Å². The van der Waals surface area contributed by atoms with Gasteiger partial charge in [-0.2, -0.15) is 0 Å². The van der Waals surface area contributed by atoms with Crippen LogP contribution in [-0.2, 0) is 9.59 Å². The summed E-state index contributed by atoms with van der Waals surface area (Å²) >= 11 is 0. The van der Waals surface area contributed by atoms with E-state index in [2.05, 4.69) is 17.1 Å². The first-order chi connectivity index (χ1) is 9.16. The highest BCUT2D eigenvalue weighted by Crippen LogP contribution is 2.40. The van der Waals surface area contributed by atoms with Gasteiger partial charge in [0.1, 0.15) is 0 Å². The van der Waals surface area contributed by atoms with E-state index in [4.69, 9.17) is 0 Å². The van der Waals surface area contributed by atoms with Crippen LogP contribution in [0.1, 0.15) is 51.9 Å². The molecule has 0 aromatic carbocycles. The molecule has 4 nitrogen and oxygen atoms in total. The maximum Gasteiger partial charge on any atom is 0.226 e. The number of piperidine rings is 1. The Hall–Kier alpha value is -1.06. The van der Waals surface area contributed by atoms with Gasteiger partial charge in [-0.25, -0.2) is 0 Å². The number of amides is 2. The molecule has 0 bridgehead atoms. The number of nitrogens with one attached hydrogen (secondary N) is 1. The van der Waals surface area contributed by atoms with Crippen molar-refractivity contribution in [1.82, 2.24) is 10.2 Å². The van der Waals surface area contributed by atoms with Crippen molar-refractivity contribution < 1.29 is 9.59 Å². The molecule has 1 saturated carbocycles. The Labute approximate surface area is 114 Å². The van der Waals surface area contributed by atoms with Crippen LogP contribution in [0, 0.1) is 11.8 Å². The average molecular weight is 264 g/mol. The van der Waals surface area contributed by atoms with E-state index in [-0.39, 0.29) is 17.7 Å². The minimum atomic E-state index is -0.0723. The molecule has 19 heavy (non-hydrogen) atoms. The number of carbonyl (C=O) groups is 2. The van der Waals surface area contributed by atoms with E-state index in [0.717, 1.165) is 12.8 Å². The zero-order chi connectivity index (χ0) is 13.4. The number of fused-ring (bicyclic) bond motifs is 1. The maximum atomic E-state index is 12.8. The Morgan fingerprint density at radius 1 is 1.26 bits per heavy atom. The van der Waals surface area contributed by atoms with E-state index in [9.17, 15) is 9.59 Å². The lowest BCUT2D eigenvalue weighted by Gasteiger charge is -2.36. The van der Waals surface area contributed by atoms with Crippen molar-refractivity contribution >= 4 is 11.8 Å². The van der Waals surface area contributed by atoms with Crippen molar-refractivity contribution in [2.45, 2.75) is 64.0 Å². The molecule has 3 fully saturated rings. The monoisotopic (exact) mass is 264 g/mol. The fourth-order valence-electron chi connectivity index (χ4n) is 4.29. The summed E-state index contributed by atoms with van der Waals surface area (Å²) in [6, 6.07) is 0.826. The van der Waals surface area contributed by atoms with Gasteiger partial charge in [0.05, 0.1) is 0 Å². The molecule has 106 valence electrons. The number of nitrogens with zero attached hydrogens (tertiary/aromatic N) is 1. The third kappa shape index (κ3) is 2.37. The fraction of sp³-hybridized carbons (Fsp3) is 0.867. The zero-order valence-corrected chi connectivity index (χ0v) is 11.7. The number of rotatable bonds is 1. The summed E-state index contributed by atoms with van der Waals surface area (Å²) in [6.45, 7) is 2.84. The Kier molecular flexibility index (Phi) is 3.50. The molecule has 4 atom stereocenters. The molecule has 4 unspecified atom stereocenters. The smallest absolute Gasteiger partial charge is 0.226 e. The summed E-state index contributed by atoms with van der Waals surface area (Å²) in [5, 5.41) is 2.82. The largest absolute Gasteiger partial charge is 0.356 e. The van der Waals surface area contributed by atoms with E-state index in [1.807, 2.05) is 0 Å². The van der Waals surface area contributed by atoms with Crippen LogP contribution in [0.4, 0.5) is 0 Å². The van der Waals surface area contributed by atoms with E-state index < -0.39 is 0 Å². The molecule has 2 saturated heterocycles. The van der Waals surface area contributed by atoms with E-state index >= 15 is 0 Å². The SMILES string of the molecule is CC1CC2CCCCC2N1C(=O)C1CCNC(=O)C1. The molecule has 3 aliphatic rings. The lowest BCUT2D eigenvalue weighted by molar-refractivity contribution is -0.143. The average Bonchev–Trinajstić information content (AvgIpc) is 2.74. The first-order valence-corrected chi connectivity index (χ1v) is 7.75. The van der Waals surface area contributed by atoms with Crippen LogP contribution >= 0.6 is 0 Å². The van der Waals surface area contributed by atoms with Gasteiger partial charge in [0, 0.05) is 31.0 Å². The second kappa shape index (κ2) is 5.14. The van der Waals surface area contributed by atoms with Gasteiger partial charge in [-0.15, -0.1) is 0 Å². The van der Waals surface area contributed by atoms with Gasteiger partial charge >= 0.3 is 0 Å². The van der Waals surface area contributed by atoms with Gasteiger partial charge < -0.3 is 10.2 Å². The number of hydrogen-bond donors (Lipinski definition) is 1. The lowest BCUT2D eigenvalue weighted by atomic mass is 9.84. The lowest BCUT2D eigenvalue weighted by Crippen LogP contribution is -2.48. The first-order valence-electron chi connectivity index (χ1n) is 7.75. The van der Waals surface area contributed by atoms with Crippen LogP contribution in [0.3, 0.4) is 0 Å². The summed E-state index contributed by atoms with van der Waals surface area (Å²) in [5.41, 5.74) is 0. The Balaban J connectivity index is 1.72. The molecular weight excluding hydrogens is 240 g/mol. The van der Waals surface area contributed by atoms with Gasteiger partial charge in [0.15, 0.2) is 0 Å². The molecule has 2 amide bonds. The standard InChI is InChI=1S/C15H24N2O2/c1-10-8-11-4-2-3-5-13(11)17(10)15(19)12-6-7-16-14(18)9-12/h10-13H,2-9H2,1H3,(H,16,18). The molecule has 4 heteroatoms. The molecule has 2 aliphatic heterocycles. The fourth-order valence-corrected chi connectivity index (χ4v) is 4.29. The summed E-state index contributed by atoms with van der Waals surface area (Å²) in [4.78, 5) is 26.4. The van der Waals surface area contributed by atoms with Gasteiger partial charge in [0.2, 0.25) is 11.8 Å².